The van der Waals surface area contributed by atoms with Gasteiger partial charge in [-0.3, -0.25) is 4.79 Å². The van der Waals surface area contributed by atoms with E-state index in [1.165, 1.54) is 6.07 Å². The highest BCUT2D eigenvalue weighted by molar-refractivity contribution is 5.88. The summed E-state index contributed by atoms with van der Waals surface area (Å²) in [5.74, 6) is -0.488. The van der Waals surface area contributed by atoms with Crippen molar-refractivity contribution in [3.05, 3.63) is 35.6 Å². The molecule has 1 aliphatic carbocycles. The minimum atomic E-state index is -0.749. The highest BCUT2D eigenvalue weighted by Gasteiger charge is 2.43. The zero-order valence-corrected chi connectivity index (χ0v) is 10.3. The van der Waals surface area contributed by atoms with Gasteiger partial charge in [-0.05, 0) is 18.9 Å². The van der Waals surface area contributed by atoms with Gasteiger partial charge in [0.25, 0.3) is 0 Å². The Morgan fingerprint density at radius 2 is 2.00 bits per heavy atom. The summed E-state index contributed by atoms with van der Waals surface area (Å²) in [7, 11) is 0. The SMILES string of the molecule is O=C(NCCO)C1(c2ccccc2F)CCCC1. The van der Waals surface area contributed by atoms with Gasteiger partial charge in [0.2, 0.25) is 5.91 Å². The van der Waals surface area contributed by atoms with Crippen LogP contribution in [-0.2, 0) is 10.2 Å². The van der Waals surface area contributed by atoms with E-state index in [1.807, 2.05) is 0 Å². The van der Waals surface area contributed by atoms with Crippen LogP contribution in [0, 0.1) is 5.82 Å². The largest absolute Gasteiger partial charge is 0.395 e. The van der Waals surface area contributed by atoms with E-state index in [1.54, 1.807) is 18.2 Å². The Bertz CT molecular complexity index is 428. The van der Waals surface area contributed by atoms with Crippen LogP contribution >= 0.6 is 0 Å². The number of carbonyl (C=O) groups excluding carboxylic acids is 1. The highest BCUT2D eigenvalue weighted by atomic mass is 19.1. The van der Waals surface area contributed by atoms with Gasteiger partial charge in [0, 0.05) is 12.1 Å². The molecule has 0 bridgehead atoms. The van der Waals surface area contributed by atoms with Crippen LogP contribution in [0.2, 0.25) is 0 Å². The molecule has 2 rings (SSSR count). The lowest BCUT2D eigenvalue weighted by Crippen LogP contribution is -2.44. The molecule has 0 heterocycles. The van der Waals surface area contributed by atoms with E-state index < -0.39 is 5.41 Å². The van der Waals surface area contributed by atoms with Gasteiger partial charge in [-0.1, -0.05) is 31.0 Å². The van der Waals surface area contributed by atoms with E-state index in [4.69, 9.17) is 5.11 Å². The summed E-state index contributed by atoms with van der Waals surface area (Å²) < 4.78 is 13.9. The van der Waals surface area contributed by atoms with Crippen molar-refractivity contribution in [1.82, 2.24) is 5.32 Å². The number of rotatable bonds is 4. The fraction of sp³-hybridized carbons (Fsp3) is 0.500. The van der Waals surface area contributed by atoms with Crippen LogP contribution < -0.4 is 5.32 Å². The van der Waals surface area contributed by atoms with Gasteiger partial charge in [-0.15, -0.1) is 0 Å². The third kappa shape index (κ3) is 2.25. The Kier molecular flexibility index (Phi) is 3.97. The van der Waals surface area contributed by atoms with E-state index in [0.29, 0.717) is 18.4 Å². The summed E-state index contributed by atoms with van der Waals surface area (Å²) in [5, 5.41) is 11.5. The second-order valence-corrected chi connectivity index (χ2v) is 4.75. The predicted molar refractivity (Wildman–Crippen MR) is 66.6 cm³/mol. The predicted octanol–water partition coefficient (Wildman–Crippen LogP) is 1.75. The minimum absolute atomic E-state index is 0.0981. The van der Waals surface area contributed by atoms with Crippen molar-refractivity contribution in [2.75, 3.05) is 13.2 Å². The van der Waals surface area contributed by atoms with Crippen molar-refractivity contribution in [3.63, 3.8) is 0 Å². The van der Waals surface area contributed by atoms with E-state index in [-0.39, 0.29) is 24.9 Å². The van der Waals surface area contributed by atoms with Crippen molar-refractivity contribution in [3.8, 4) is 0 Å². The molecule has 2 N–H and O–H groups in total. The molecule has 0 atom stereocenters. The third-order valence-corrected chi connectivity index (χ3v) is 3.68. The zero-order valence-electron chi connectivity index (χ0n) is 10.3. The van der Waals surface area contributed by atoms with Crippen LogP contribution in [0.1, 0.15) is 31.2 Å². The van der Waals surface area contributed by atoms with Gasteiger partial charge in [-0.2, -0.15) is 0 Å². The lowest BCUT2D eigenvalue weighted by Gasteiger charge is -2.28. The Morgan fingerprint density at radius 1 is 1.33 bits per heavy atom. The number of hydrogen-bond acceptors (Lipinski definition) is 2. The van der Waals surface area contributed by atoms with Crippen molar-refractivity contribution < 1.29 is 14.3 Å². The minimum Gasteiger partial charge on any atom is -0.395 e. The zero-order chi connectivity index (χ0) is 13.0. The van der Waals surface area contributed by atoms with Crippen LogP contribution in [-0.4, -0.2) is 24.2 Å². The first-order valence-electron chi connectivity index (χ1n) is 6.35. The molecule has 1 fully saturated rings. The molecule has 1 aromatic rings. The summed E-state index contributed by atoms with van der Waals surface area (Å²) in [6, 6.07) is 6.48. The molecule has 0 aromatic heterocycles. The molecule has 0 radical (unpaired) electrons. The van der Waals surface area contributed by atoms with Gasteiger partial charge in [0.05, 0.1) is 12.0 Å². The molecule has 0 spiro atoms. The Labute approximate surface area is 106 Å². The second kappa shape index (κ2) is 5.48. The molecular formula is C14H18FNO2. The molecule has 1 saturated carbocycles. The van der Waals surface area contributed by atoms with Crippen molar-refractivity contribution in [2.24, 2.45) is 0 Å². The van der Waals surface area contributed by atoms with Crippen LogP contribution in [0.25, 0.3) is 0 Å². The number of amides is 1. The van der Waals surface area contributed by atoms with Gasteiger partial charge < -0.3 is 10.4 Å². The summed E-state index contributed by atoms with van der Waals surface area (Å²) >= 11 is 0. The molecule has 1 amide bonds. The number of halogens is 1. The third-order valence-electron chi connectivity index (χ3n) is 3.68. The fourth-order valence-electron chi connectivity index (χ4n) is 2.79. The van der Waals surface area contributed by atoms with Crippen LogP contribution in [0.3, 0.4) is 0 Å². The maximum atomic E-state index is 13.9. The monoisotopic (exact) mass is 251 g/mol. The van der Waals surface area contributed by atoms with Crippen molar-refractivity contribution in [2.45, 2.75) is 31.1 Å². The first-order chi connectivity index (χ1) is 8.70. The number of carbonyl (C=O) groups is 1. The lowest BCUT2D eigenvalue weighted by atomic mass is 9.77. The van der Waals surface area contributed by atoms with Crippen molar-refractivity contribution >= 4 is 5.91 Å². The smallest absolute Gasteiger partial charge is 0.230 e. The van der Waals surface area contributed by atoms with E-state index in [2.05, 4.69) is 5.32 Å². The first kappa shape index (κ1) is 13.0. The first-order valence-corrected chi connectivity index (χ1v) is 6.35. The molecule has 3 nitrogen and oxygen atoms in total. The Hall–Kier alpha value is -1.42. The van der Waals surface area contributed by atoms with Gasteiger partial charge >= 0.3 is 0 Å². The van der Waals surface area contributed by atoms with E-state index >= 15 is 0 Å². The molecule has 0 unspecified atom stereocenters. The van der Waals surface area contributed by atoms with Gasteiger partial charge in [0.1, 0.15) is 5.82 Å². The molecule has 18 heavy (non-hydrogen) atoms. The quantitative estimate of drug-likeness (QED) is 0.856. The topological polar surface area (TPSA) is 49.3 Å². The number of aliphatic hydroxyl groups excluding tert-OH is 1. The summed E-state index contributed by atoms with van der Waals surface area (Å²) in [5.41, 5.74) is -0.265. The molecule has 0 saturated heterocycles. The summed E-state index contributed by atoms with van der Waals surface area (Å²) in [6.45, 7) is 0.119. The van der Waals surface area contributed by atoms with E-state index in [9.17, 15) is 9.18 Å². The van der Waals surface area contributed by atoms with Crippen LogP contribution in [0.5, 0.6) is 0 Å². The molecular weight excluding hydrogens is 233 g/mol. The highest BCUT2D eigenvalue weighted by Crippen LogP contribution is 2.42. The number of benzene rings is 1. The number of aliphatic hydroxyl groups is 1. The Morgan fingerprint density at radius 3 is 2.61 bits per heavy atom. The van der Waals surface area contributed by atoms with Crippen LogP contribution in [0.15, 0.2) is 24.3 Å². The summed E-state index contributed by atoms with van der Waals surface area (Å²) in [4.78, 5) is 12.3. The fourth-order valence-corrected chi connectivity index (χ4v) is 2.79. The van der Waals surface area contributed by atoms with E-state index in [0.717, 1.165) is 12.8 Å². The molecule has 4 heteroatoms. The number of hydrogen-bond donors (Lipinski definition) is 2. The van der Waals surface area contributed by atoms with Gasteiger partial charge in [0.15, 0.2) is 0 Å². The second-order valence-electron chi connectivity index (χ2n) is 4.75. The normalized spacial score (nSPS) is 17.7. The molecule has 0 aliphatic heterocycles. The molecule has 1 aliphatic rings. The maximum absolute atomic E-state index is 13.9. The number of nitrogens with one attached hydrogen (secondary N) is 1. The lowest BCUT2D eigenvalue weighted by molar-refractivity contribution is -0.126. The maximum Gasteiger partial charge on any atom is 0.230 e. The van der Waals surface area contributed by atoms with Crippen LogP contribution in [0.4, 0.5) is 4.39 Å². The summed E-state index contributed by atoms with van der Waals surface area (Å²) in [6.07, 6.45) is 3.21. The molecule has 1 aromatic carbocycles. The average Bonchev–Trinajstić information content (AvgIpc) is 2.87. The standard InChI is InChI=1S/C14H18FNO2/c15-12-6-2-1-5-11(12)14(7-3-4-8-14)13(18)16-9-10-17/h1-2,5-6,17H,3-4,7-10H2,(H,16,18). The Balaban J connectivity index is 2.33. The van der Waals surface area contributed by atoms with Gasteiger partial charge in [-0.25, -0.2) is 4.39 Å². The molecule has 98 valence electrons. The average molecular weight is 251 g/mol. The van der Waals surface area contributed by atoms with Crippen molar-refractivity contribution in [1.29, 1.82) is 0 Å².